The Morgan fingerprint density at radius 2 is 1.34 bits per heavy atom. The first kappa shape index (κ1) is 28.5. The van der Waals surface area contributed by atoms with Gasteiger partial charge in [-0.05, 0) is 33.3 Å². The van der Waals surface area contributed by atoms with E-state index in [-0.39, 0.29) is 18.4 Å². The largest absolute Gasteiger partial charge is 0.444 e. The van der Waals surface area contributed by atoms with Gasteiger partial charge in [0.2, 0.25) is 0 Å². The highest BCUT2D eigenvalue weighted by Crippen LogP contribution is 2.10. The second-order valence-electron chi connectivity index (χ2n) is 9.61. The number of benzene rings is 1. The molecule has 0 unspecified atom stereocenters. The van der Waals surface area contributed by atoms with Crippen LogP contribution in [0.1, 0.15) is 33.3 Å². The second-order valence-corrected chi connectivity index (χ2v) is 9.61. The van der Waals surface area contributed by atoms with Crippen molar-refractivity contribution in [3.8, 4) is 0 Å². The van der Waals surface area contributed by atoms with Crippen molar-refractivity contribution in [1.29, 1.82) is 0 Å². The van der Waals surface area contributed by atoms with Crippen molar-refractivity contribution in [1.82, 2.24) is 25.6 Å². The Bertz CT molecular complexity index is 823. The number of carbonyl (C=O) groups excluding carboxylic acids is 3. The molecule has 196 valence electrons. The van der Waals surface area contributed by atoms with E-state index in [0.717, 1.165) is 18.7 Å². The third kappa shape index (κ3) is 9.81. The Morgan fingerprint density at radius 3 is 1.83 bits per heavy atom. The molecule has 35 heavy (non-hydrogen) atoms. The van der Waals surface area contributed by atoms with E-state index in [1.807, 2.05) is 30.3 Å². The van der Waals surface area contributed by atoms with E-state index >= 15 is 0 Å². The summed E-state index contributed by atoms with van der Waals surface area (Å²) in [5, 5.41) is 24.0. The van der Waals surface area contributed by atoms with Gasteiger partial charge in [0.05, 0.1) is 0 Å². The van der Waals surface area contributed by atoms with Crippen molar-refractivity contribution in [3.63, 3.8) is 0 Å². The first-order valence-corrected chi connectivity index (χ1v) is 11.8. The van der Waals surface area contributed by atoms with Gasteiger partial charge in [-0.1, -0.05) is 30.3 Å². The van der Waals surface area contributed by atoms with Gasteiger partial charge >= 0.3 is 6.09 Å². The van der Waals surface area contributed by atoms with Gasteiger partial charge < -0.3 is 30.1 Å². The Hall–Kier alpha value is -2.73. The highest BCUT2D eigenvalue weighted by Gasteiger charge is 2.32. The molecule has 1 aromatic carbocycles. The number of carbonyl (C=O) groups is 3. The monoisotopic (exact) mass is 493 g/mol. The SMILES string of the molecule is CC(C)(O)C(=O)N1CCN(NC(=O)OCc2ccccc2)CC1.CC(C)(O)C(=O)N1CCNCC1. The minimum Gasteiger partial charge on any atom is -0.444 e. The van der Waals surface area contributed by atoms with Crippen molar-refractivity contribution in [2.24, 2.45) is 0 Å². The third-order valence-electron chi connectivity index (χ3n) is 5.48. The maximum atomic E-state index is 12.0. The molecule has 2 aliphatic rings. The smallest absolute Gasteiger partial charge is 0.422 e. The van der Waals surface area contributed by atoms with Gasteiger partial charge in [-0.2, -0.15) is 0 Å². The Balaban J connectivity index is 0.000000303. The molecule has 3 amide bonds. The lowest BCUT2D eigenvalue weighted by atomic mass is 10.1. The summed E-state index contributed by atoms with van der Waals surface area (Å²) in [6.07, 6.45) is -0.517. The van der Waals surface area contributed by atoms with Crippen LogP contribution in [0.2, 0.25) is 0 Å². The molecular formula is C24H39N5O6. The molecule has 2 aliphatic heterocycles. The number of nitrogens with one attached hydrogen (secondary N) is 2. The Kier molecular flexibility index (Phi) is 10.4. The number of ether oxygens (including phenoxy) is 1. The van der Waals surface area contributed by atoms with Gasteiger partial charge in [-0.25, -0.2) is 9.80 Å². The Morgan fingerprint density at radius 1 is 0.857 bits per heavy atom. The van der Waals surface area contributed by atoms with Crippen molar-refractivity contribution >= 4 is 17.9 Å². The number of amides is 3. The number of rotatable bonds is 5. The van der Waals surface area contributed by atoms with Gasteiger partial charge in [-0.3, -0.25) is 15.0 Å². The summed E-state index contributed by atoms with van der Waals surface area (Å²) >= 11 is 0. The molecule has 0 atom stereocenters. The van der Waals surface area contributed by atoms with Crippen LogP contribution in [0.25, 0.3) is 0 Å². The molecule has 11 heteroatoms. The summed E-state index contributed by atoms with van der Waals surface area (Å²) < 4.78 is 5.15. The molecule has 11 nitrogen and oxygen atoms in total. The van der Waals surface area contributed by atoms with Crippen molar-refractivity contribution < 1.29 is 29.3 Å². The van der Waals surface area contributed by atoms with E-state index in [1.54, 1.807) is 14.8 Å². The summed E-state index contributed by atoms with van der Waals surface area (Å²) in [6.45, 7) is 11.1. The van der Waals surface area contributed by atoms with Crippen LogP contribution in [-0.4, -0.2) is 106 Å². The fraction of sp³-hybridized carbons (Fsp3) is 0.625. The molecule has 2 heterocycles. The van der Waals surface area contributed by atoms with Gasteiger partial charge in [0.15, 0.2) is 0 Å². The summed E-state index contributed by atoms with van der Waals surface area (Å²) in [4.78, 5) is 38.5. The predicted octanol–water partition coefficient (Wildman–Crippen LogP) is -0.0680. The highest BCUT2D eigenvalue weighted by molar-refractivity contribution is 5.84. The molecule has 0 bridgehead atoms. The molecule has 0 aromatic heterocycles. The number of hydrogen-bond acceptors (Lipinski definition) is 8. The number of hydrazine groups is 1. The van der Waals surface area contributed by atoms with Crippen LogP contribution in [0.3, 0.4) is 0 Å². The lowest BCUT2D eigenvalue weighted by Crippen LogP contribution is -2.57. The van der Waals surface area contributed by atoms with E-state index in [2.05, 4.69) is 10.7 Å². The average Bonchev–Trinajstić information content (AvgIpc) is 2.83. The minimum atomic E-state index is -1.37. The fourth-order valence-corrected chi connectivity index (χ4v) is 3.55. The molecule has 4 N–H and O–H groups in total. The third-order valence-corrected chi connectivity index (χ3v) is 5.48. The summed E-state index contributed by atoms with van der Waals surface area (Å²) in [7, 11) is 0. The molecule has 0 saturated carbocycles. The normalized spacial score (nSPS) is 17.2. The predicted molar refractivity (Wildman–Crippen MR) is 130 cm³/mol. The van der Waals surface area contributed by atoms with E-state index < -0.39 is 17.3 Å². The summed E-state index contributed by atoms with van der Waals surface area (Å²) in [5.41, 5.74) is 0.983. The first-order chi connectivity index (χ1) is 16.4. The lowest BCUT2D eigenvalue weighted by Gasteiger charge is -2.36. The minimum absolute atomic E-state index is 0.177. The molecular weight excluding hydrogens is 454 g/mol. The Labute approximate surface area is 207 Å². The maximum Gasteiger partial charge on any atom is 0.422 e. The number of nitrogens with zero attached hydrogens (tertiary/aromatic N) is 3. The van der Waals surface area contributed by atoms with Crippen LogP contribution in [0.4, 0.5) is 4.79 Å². The van der Waals surface area contributed by atoms with Crippen LogP contribution in [-0.2, 0) is 20.9 Å². The molecule has 0 spiro atoms. The van der Waals surface area contributed by atoms with Crippen LogP contribution < -0.4 is 10.7 Å². The van der Waals surface area contributed by atoms with Gasteiger partial charge in [-0.15, -0.1) is 0 Å². The first-order valence-electron chi connectivity index (χ1n) is 11.8. The maximum absolute atomic E-state index is 12.0. The zero-order chi connectivity index (χ0) is 26.1. The number of aliphatic hydroxyl groups is 2. The second kappa shape index (κ2) is 12.8. The van der Waals surface area contributed by atoms with Crippen LogP contribution in [0, 0.1) is 0 Å². The van der Waals surface area contributed by atoms with Gasteiger partial charge in [0, 0.05) is 52.4 Å². The van der Waals surface area contributed by atoms with Crippen LogP contribution >= 0.6 is 0 Å². The molecule has 0 aliphatic carbocycles. The van der Waals surface area contributed by atoms with Crippen molar-refractivity contribution in [2.45, 2.75) is 45.5 Å². The van der Waals surface area contributed by atoms with Crippen LogP contribution in [0.5, 0.6) is 0 Å². The molecule has 1 aromatic rings. The lowest BCUT2D eigenvalue weighted by molar-refractivity contribution is -0.150. The van der Waals surface area contributed by atoms with E-state index in [0.29, 0.717) is 39.3 Å². The van der Waals surface area contributed by atoms with Gasteiger partial charge in [0.25, 0.3) is 11.8 Å². The molecule has 3 rings (SSSR count). The van der Waals surface area contributed by atoms with Gasteiger partial charge in [0.1, 0.15) is 17.8 Å². The van der Waals surface area contributed by atoms with Crippen LogP contribution in [0.15, 0.2) is 30.3 Å². The molecule has 2 fully saturated rings. The van der Waals surface area contributed by atoms with E-state index in [9.17, 15) is 24.6 Å². The molecule has 0 radical (unpaired) electrons. The zero-order valence-corrected chi connectivity index (χ0v) is 21.1. The fourth-order valence-electron chi connectivity index (χ4n) is 3.55. The standard InChI is InChI=1S/C16H23N3O4.C8H16N2O2/c1-16(2,22)14(20)18-8-10-19(11-9-18)17-15(21)23-12-13-6-4-3-5-7-13;1-8(2,12)7(11)10-5-3-9-4-6-10/h3-7,22H,8-12H2,1-2H3,(H,17,21);9,12H,3-6H2,1-2H3. The highest BCUT2D eigenvalue weighted by atomic mass is 16.6. The number of hydrogen-bond donors (Lipinski definition) is 4. The van der Waals surface area contributed by atoms with Crippen molar-refractivity contribution in [3.05, 3.63) is 35.9 Å². The summed E-state index contributed by atoms with van der Waals surface area (Å²) in [6, 6.07) is 9.44. The average molecular weight is 494 g/mol. The topological polar surface area (TPSA) is 135 Å². The van der Waals surface area contributed by atoms with E-state index in [1.165, 1.54) is 27.7 Å². The van der Waals surface area contributed by atoms with Crippen molar-refractivity contribution in [2.75, 3.05) is 52.4 Å². The molecule has 2 saturated heterocycles. The quantitative estimate of drug-likeness (QED) is 0.448. The van der Waals surface area contributed by atoms with E-state index in [4.69, 9.17) is 4.74 Å². The number of piperazine rings is 2. The zero-order valence-electron chi connectivity index (χ0n) is 21.1. The summed E-state index contributed by atoms with van der Waals surface area (Å²) in [5.74, 6) is -0.479.